The van der Waals surface area contributed by atoms with Crippen LogP contribution < -0.4 is 0 Å². The predicted molar refractivity (Wildman–Crippen MR) is 106 cm³/mol. The first kappa shape index (κ1) is 24.9. The van der Waals surface area contributed by atoms with Crippen molar-refractivity contribution in [2.24, 2.45) is 5.16 Å². The first-order chi connectivity index (χ1) is 15.4. The van der Waals surface area contributed by atoms with Crippen molar-refractivity contribution in [3.8, 4) is 0 Å². The fraction of sp³-hybridized carbons (Fsp3) is 0.650. The maximum atomic E-state index is 10.6. The van der Waals surface area contributed by atoms with Gasteiger partial charge in [0.1, 0.15) is 55.9 Å². The number of oxime groups is 1. The standard InChI is InChI=1S/C20H29NO11/c1-28-21-7-11-13(23)14(24)16(26)20(30-11)32-18-12(8-22)31-19(17(27)15(18)25)29-9-10-5-3-2-4-6-10/h2-7,11-20,22-27H,8-9H2,1H3/b21-7+/t11-,12-,13+,14+,15-,16-,17-,18-,19-,20+/m1/s1. The van der Waals surface area contributed by atoms with E-state index < -0.39 is 68.0 Å². The highest BCUT2D eigenvalue weighted by Crippen LogP contribution is 2.29. The summed E-state index contributed by atoms with van der Waals surface area (Å²) >= 11 is 0. The molecule has 12 heteroatoms. The van der Waals surface area contributed by atoms with Gasteiger partial charge in [-0.1, -0.05) is 35.5 Å². The summed E-state index contributed by atoms with van der Waals surface area (Å²) in [5.74, 6) is 0. The maximum Gasteiger partial charge on any atom is 0.187 e. The van der Waals surface area contributed by atoms with Crippen molar-refractivity contribution < 1.29 is 54.4 Å². The lowest BCUT2D eigenvalue weighted by Crippen LogP contribution is -2.64. The molecule has 0 bridgehead atoms. The second-order valence-electron chi connectivity index (χ2n) is 7.48. The number of hydrogen-bond acceptors (Lipinski definition) is 12. The lowest BCUT2D eigenvalue weighted by Gasteiger charge is -2.45. The average Bonchev–Trinajstić information content (AvgIpc) is 2.81. The van der Waals surface area contributed by atoms with Crippen LogP contribution in [0.15, 0.2) is 35.5 Å². The summed E-state index contributed by atoms with van der Waals surface area (Å²) < 4.78 is 22.1. The van der Waals surface area contributed by atoms with Crippen molar-refractivity contribution in [1.29, 1.82) is 0 Å². The molecule has 0 spiro atoms. The Labute approximate surface area is 184 Å². The molecule has 180 valence electrons. The largest absolute Gasteiger partial charge is 0.399 e. The van der Waals surface area contributed by atoms with Crippen molar-refractivity contribution in [3.05, 3.63) is 35.9 Å². The number of aliphatic hydroxyl groups excluding tert-OH is 6. The van der Waals surface area contributed by atoms with Crippen molar-refractivity contribution in [2.45, 2.75) is 68.0 Å². The Kier molecular flexibility index (Phi) is 8.90. The SMILES string of the molecule is CO/N=C/[C@H]1O[C@@H](O[C@H]2[C@H](O)[C@@H](O)[C@H](OCc3ccccc3)O[C@@H]2CO)[C@H](O)[C@@H](O)[C@H]1O. The molecule has 2 aliphatic rings. The van der Waals surface area contributed by atoms with Gasteiger partial charge in [-0.15, -0.1) is 0 Å². The van der Waals surface area contributed by atoms with Gasteiger partial charge >= 0.3 is 0 Å². The minimum absolute atomic E-state index is 0.0913. The molecule has 32 heavy (non-hydrogen) atoms. The average molecular weight is 459 g/mol. The summed E-state index contributed by atoms with van der Waals surface area (Å²) in [5, 5.41) is 64.7. The smallest absolute Gasteiger partial charge is 0.187 e. The summed E-state index contributed by atoms with van der Waals surface area (Å²) in [6, 6.07) is 9.10. The van der Waals surface area contributed by atoms with Crippen LogP contribution >= 0.6 is 0 Å². The summed E-state index contributed by atoms with van der Waals surface area (Å²) in [6.07, 6.45) is -13.5. The molecule has 2 aliphatic heterocycles. The molecule has 0 amide bonds. The van der Waals surface area contributed by atoms with Gasteiger partial charge in [0.05, 0.1) is 19.4 Å². The summed E-state index contributed by atoms with van der Waals surface area (Å²) in [6.45, 7) is -0.518. The fourth-order valence-corrected chi connectivity index (χ4v) is 3.50. The Morgan fingerprint density at radius 1 is 0.906 bits per heavy atom. The molecule has 12 nitrogen and oxygen atoms in total. The van der Waals surface area contributed by atoms with E-state index in [1.165, 1.54) is 7.11 Å². The number of benzene rings is 1. The van der Waals surface area contributed by atoms with E-state index in [1.807, 2.05) is 30.3 Å². The molecule has 1 aromatic carbocycles. The van der Waals surface area contributed by atoms with Crippen molar-refractivity contribution in [1.82, 2.24) is 0 Å². The Bertz CT molecular complexity index is 721. The Morgan fingerprint density at radius 3 is 2.25 bits per heavy atom. The van der Waals surface area contributed by atoms with Crippen LogP contribution in [0.4, 0.5) is 0 Å². The molecular weight excluding hydrogens is 430 g/mol. The van der Waals surface area contributed by atoms with Gasteiger partial charge in [0, 0.05) is 0 Å². The zero-order valence-electron chi connectivity index (χ0n) is 17.3. The zero-order chi connectivity index (χ0) is 23.3. The third-order valence-corrected chi connectivity index (χ3v) is 5.29. The quantitative estimate of drug-likeness (QED) is 0.178. The maximum absolute atomic E-state index is 10.6. The number of ether oxygens (including phenoxy) is 4. The van der Waals surface area contributed by atoms with Gasteiger partial charge in [0.2, 0.25) is 0 Å². The molecule has 2 saturated heterocycles. The molecule has 2 heterocycles. The molecule has 10 atom stereocenters. The van der Waals surface area contributed by atoms with E-state index in [1.54, 1.807) is 0 Å². The summed E-state index contributed by atoms with van der Waals surface area (Å²) in [5.41, 5.74) is 0.812. The van der Waals surface area contributed by atoms with E-state index in [9.17, 15) is 30.6 Å². The Morgan fingerprint density at radius 2 is 1.59 bits per heavy atom. The van der Waals surface area contributed by atoms with Gasteiger partial charge in [0.15, 0.2) is 12.6 Å². The van der Waals surface area contributed by atoms with Crippen LogP contribution in [0.5, 0.6) is 0 Å². The van der Waals surface area contributed by atoms with E-state index >= 15 is 0 Å². The van der Waals surface area contributed by atoms with Gasteiger partial charge < -0.3 is 54.4 Å². The molecule has 1 aromatic rings. The first-order valence-electron chi connectivity index (χ1n) is 10.1. The lowest BCUT2D eigenvalue weighted by molar-refractivity contribution is -0.353. The van der Waals surface area contributed by atoms with E-state index in [2.05, 4.69) is 9.99 Å². The number of aliphatic hydroxyl groups is 6. The predicted octanol–water partition coefficient (Wildman–Crippen LogP) is -2.53. The fourth-order valence-electron chi connectivity index (χ4n) is 3.50. The van der Waals surface area contributed by atoms with Gasteiger partial charge in [-0.25, -0.2) is 0 Å². The van der Waals surface area contributed by atoms with Crippen molar-refractivity contribution in [3.63, 3.8) is 0 Å². The highest BCUT2D eigenvalue weighted by atomic mass is 16.7. The van der Waals surface area contributed by atoms with Gasteiger partial charge in [-0.3, -0.25) is 0 Å². The molecule has 6 N–H and O–H groups in total. The van der Waals surface area contributed by atoms with Gasteiger partial charge in [-0.2, -0.15) is 0 Å². The molecule has 0 saturated carbocycles. The Balaban J connectivity index is 1.67. The monoisotopic (exact) mass is 459 g/mol. The van der Waals surface area contributed by atoms with E-state index in [4.69, 9.17) is 18.9 Å². The number of hydrogen-bond donors (Lipinski definition) is 6. The van der Waals surface area contributed by atoms with Crippen molar-refractivity contribution >= 4 is 6.21 Å². The lowest BCUT2D eigenvalue weighted by atomic mass is 9.97. The highest BCUT2D eigenvalue weighted by molar-refractivity contribution is 5.63. The zero-order valence-corrected chi connectivity index (χ0v) is 17.3. The molecule has 0 aliphatic carbocycles. The molecule has 0 unspecified atom stereocenters. The summed E-state index contributed by atoms with van der Waals surface area (Å²) in [7, 11) is 1.27. The molecule has 0 aromatic heterocycles. The van der Waals surface area contributed by atoms with E-state index in [-0.39, 0.29) is 6.61 Å². The van der Waals surface area contributed by atoms with Crippen LogP contribution in [0.25, 0.3) is 0 Å². The minimum atomic E-state index is -1.70. The minimum Gasteiger partial charge on any atom is -0.399 e. The summed E-state index contributed by atoms with van der Waals surface area (Å²) in [4.78, 5) is 4.53. The topological polar surface area (TPSA) is 180 Å². The van der Waals surface area contributed by atoms with E-state index in [0.29, 0.717) is 0 Å². The molecule has 3 rings (SSSR count). The van der Waals surface area contributed by atoms with Crippen LogP contribution in [0.3, 0.4) is 0 Å². The van der Waals surface area contributed by atoms with Gasteiger partial charge in [-0.05, 0) is 5.56 Å². The second kappa shape index (κ2) is 11.4. The first-order valence-corrected chi connectivity index (χ1v) is 10.1. The highest BCUT2D eigenvalue weighted by Gasteiger charge is 2.50. The van der Waals surface area contributed by atoms with Crippen LogP contribution in [-0.4, -0.2) is 112 Å². The molecule has 0 radical (unpaired) electrons. The number of rotatable bonds is 8. The van der Waals surface area contributed by atoms with Crippen LogP contribution in [-0.2, 0) is 30.4 Å². The molecular formula is C20H29NO11. The number of nitrogens with zero attached hydrogens (tertiary/aromatic N) is 1. The van der Waals surface area contributed by atoms with Crippen molar-refractivity contribution in [2.75, 3.05) is 13.7 Å². The molecule has 2 fully saturated rings. The van der Waals surface area contributed by atoms with Gasteiger partial charge in [0.25, 0.3) is 0 Å². The third kappa shape index (κ3) is 5.61. The van der Waals surface area contributed by atoms with E-state index in [0.717, 1.165) is 11.8 Å². The normalized spacial score (nSPS) is 40.5. The third-order valence-electron chi connectivity index (χ3n) is 5.29. The van der Waals surface area contributed by atoms with Crippen LogP contribution in [0.1, 0.15) is 5.56 Å². The van der Waals surface area contributed by atoms with Crippen LogP contribution in [0.2, 0.25) is 0 Å². The Hall–Kier alpha value is -1.71. The second-order valence-corrected chi connectivity index (χ2v) is 7.48. The van der Waals surface area contributed by atoms with Crippen LogP contribution in [0, 0.1) is 0 Å².